The van der Waals surface area contributed by atoms with E-state index in [1.807, 2.05) is 30.5 Å². The van der Waals surface area contributed by atoms with Gasteiger partial charge in [0.05, 0.1) is 6.61 Å². The first-order valence-corrected chi connectivity index (χ1v) is 9.50. The smallest absolute Gasteiger partial charge is 0.145 e. The first-order valence-electron chi connectivity index (χ1n) is 9.50. The van der Waals surface area contributed by atoms with Gasteiger partial charge in [-0.05, 0) is 48.2 Å². The molecule has 0 bridgehead atoms. The molecule has 0 saturated heterocycles. The van der Waals surface area contributed by atoms with E-state index in [-0.39, 0.29) is 0 Å². The minimum absolute atomic E-state index is 0.303. The number of phenolic OH excluding ortho intramolecular Hbond substituents is 1. The molecule has 0 radical (unpaired) electrons. The molecule has 4 nitrogen and oxygen atoms in total. The lowest BCUT2D eigenvalue weighted by molar-refractivity contribution is 0.320. The second-order valence-corrected chi connectivity index (χ2v) is 6.82. The van der Waals surface area contributed by atoms with Crippen LogP contribution in [-0.2, 0) is 0 Å². The van der Waals surface area contributed by atoms with E-state index in [0.29, 0.717) is 12.4 Å². The lowest BCUT2D eigenvalue weighted by atomic mass is 10.00. The molecule has 0 fully saturated rings. The third kappa shape index (κ3) is 3.61. The van der Waals surface area contributed by atoms with Gasteiger partial charge >= 0.3 is 0 Å². The summed E-state index contributed by atoms with van der Waals surface area (Å²) < 4.78 is 5.89. The molecule has 1 aromatic heterocycles. The zero-order chi connectivity index (χ0) is 18.6. The highest BCUT2D eigenvalue weighted by atomic mass is 16.5. The molecule has 3 aromatic rings. The molecule has 0 amide bonds. The average Bonchev–Trinajstić information content (AvgIpc) is 2.72. The average molecular weight is 360 g/mol. The van der Waals surface area contributed by atoms with Crippen LogP contribution < -0.4 is 9.64 Å². The van der Waals surface area contributed by atoms with Gasteiger partial charge in [-0.15, -0.1) is 0 Å². The Balaban J connectivity index is 1.67. The standard InChI is InChI=1S/C23H24N2O2/c1-2-14-27-22-10-4-9-20-21(11-12-24-23(20)22)25-13-5-7-18(16-25)17-6-3-8-19(26)15-17/h3-4,6-12,15,26H,2,5,13-14,16H2,1H3. The Labute approximate surface area is 159 Å². The van der Waals surface area contributed by atoms with Crippen molar-refractivity contribution in [2.75, 3.05) is 24.6 Å². The van der Waals surface area contributed by atoms with Crippen molar-refractivity contribution in [3.05, 3.63) is 66.4 Å². The molecule has 1 N–H and O–H groups in total. The van der Waals surface area contributed by atoms with Gasteiger partial charge in [-0.25, -0.2) is 0 Å². The van der Waals surface area contributed by atoms with Gasteiger partial charge in [0.25, 0.3) is 0 Å². The summed E-state index contributed by atoms with van der Waals surface area (Å²) in [7, 11) is 0. The normalized spacial score (nSPS) is 14.3. The van der Waals surface area contributed by atoms with Crippen LogP contribution in [0.2, 0.25) is 0 Å². The number of nitrogens with zero attached hydrogens (tertiary/aromatic N) is 2. The number of pyridine rings is 1. The molecule has 0 aliphatic carbocycles. The van der Waals surface area contributed by atoms with E-state index in [1.54, 1.807) is 6.07 Å². The number of para-hydroxylation sites is 1. The van der Waals surface area contributed by atoms with Crippen molar-refractivity contribution >= 4 is 22.2 Å². The van der Waals surface area contributed by atoms with Crippen molar-refractivity contribution in [2.24, 2.45) is 0 Å². The van der Waals surface area contributed by atoms with Gasteiger partial charge in [0.1, 0.15) is 17.0 Å². The second kappa shape index (κ2) is 7.70. The van der Waals surface area contributed by atoms with Gasteiger partial charge in [-0.1, -0.05) is 37.3 Å². The highest BCUT2D eigenvalue weighted by Gasteiger charge is 2.18. The van der Waals surface area contributed by atoms with E-state index in [9.17, 15) is 5.11 Å². The summed E-state index contributed by atoms with van der Waals surface area (Å²) in [5, 5.41) is 10.9. The van der Waals surface area contributed by atoms with Crippen LogP contribution >= 0.6 is 0 Å². The molecule has 4 rings (SSSR count). The monoisotopic (exact) mass is 360 g/mol. The molecule has 0 spiro atoms. The minimum Gasteiger partial charge on any atom is -0.508 e. The van der Waals surface area contributed by atoms with Crippen molar-refractivity contribution in [1.82, 2.24) is 4.98 Å². The third-order valence-corrected chi connectivity index (χ3v) is 4.88. The molecule has 2 heterocycles. The quantitative estimate of drug-likeness (QED) is 0.694. The van der Waals surface area contributed by atoms with Crippen LogP contribution in [0.15, 0.2) is 60.8 Å². The van der Waals surface area contributed by atoms with Gasteiger partial charge < -0.3 is 14.7 Å². The number of fused-ring (bicyclic) bond motifs is 1. The molecule has 0 unspecified atom stereocenters. The van der Waals surface area contributed by atoms with E-state index in [1.165, 1.54) is 11.3 Å². The number of hydrogen-bond acceptors (Lipinski definition) is 4. The summed E-state index contributed by atoms with van der Waals surface area (Å²) in [6, 6.07) is 15.7. The number of aromatic hydroxyl groups is 1. The molecule has 1 aliphatic rings. The lowest BCUT2D eigenvalue weighted by Crippen LogP contribution is -2.29. The zero-order valence-corrected chi connectivity index (χ0v) is 15.6. The molecule has 1 aliphatic heterocycles. The third-order valence-electron chi connectivity index (χ3n) is 4.88. The maximum Gasteiger partial charge on any atom is 0.145 e. The Morgan fingerprint density at radius 2 is 2.04 bits per heavy atom. The van der Waals surface area contributed by atoms with Gasteiger partial charge in [0.2, 0.25) is 0 Å². The summed E-state index contributed by atoms with van der Waals surface area (Å²) >= 11 is 0. The maximum absolute atomic E-state index is 9.81. The molecule has 0 saturated carbocycles. The van der Waals surface area contributed by atoms with Crippen molar-refractivity contribution < 1.29 is 9.84 Å². The molecular weight excluding hydrogens is 336 g/mol. The summed E-state index contributed by atoms with van der Waals surface area (Å²) in [5.41, 5.74) is 4.40. The van der Waals surface area contributed by atoms with Crippen molar-refractivity contribution in [1.29, 1.82) is 0 Å². The molecule has 0 atom stereocenters. The fourth-order valence-electron chi connectivity index (χ4n) is 3.60. The first kappa shape index (κ1) is 17.4. The number of benzene rings is 2. The van der Waals surface area contributed by atoms with Gasteiger partial charge in [0, 0.05) is 30.4 Å². The first-order chi connectivity index (χ1) is 13.3. The van der Waals surface area contributed by atoms with Gasteiger partial charge in [-0.2, -0.15) is 0 Å². The highest BCUT2D eigenvalue weighted by Crippen LogP contribution is 2.34. The van der Waals surface area contributed by atoms with Gasteiger partial charge in [-0.3, -0.25) is 4.98 Å². The Bertz CT molecular complexity index is 981. The van der Waals surface area contributed by atoms with E-state index < -0.39 is 0 Å². The topological polar surface area (TPSA) is 45.6 Å². The fraction of sp³-hybridized carbons (Fsp3) is 0.261. The summed E-state index contributed by atoms with van der Waals surface area (Å²) in [6.07, 6.45) is 6.08. The van der Waals surface area contributed by atoms with Crippen LogP contribution in [0.4, 0.5) is 5.69 Å². The molecule has 4 heteroatoms. The second-order valence-electron chi connectivity index (χ2n) is 6.82. The Hall–Kier alpha value is -3.01. The SMILES string of the molecule is CCCOc1cccc2c(N3CCC=C(c4cccc(O)c4)C3)ccnc12. The molecular formula is C23H24N2O2. The number of ether oxygens (including phenoxy) is 1. The van der Waals surface area contributed by atoms with E-state index in [2.05, 4.69) is 41.1 Å². The van der Waals surface area contributed by atoms with Crippen LogP contribution in [0.5, 0.6) is 11.5 Å². The van der Waals surface area contributed by atoms with Crippen LogP contribution in [0, 0.1) is 0 Å². The summed E-state index contributed by atoms with van der Waals surface area (Å²) in [5.74, 6) is 1.15. The fourth-order valence-corrected chi connectivity index (χ4v) is 3.60. The van der Waals surface area contributed by atoms with E-state index in [4.69, 9.17) is 4.74 Å². The number of anilines is 1. The predicted octanol–water partition coefficient (Wildman–Crippen LogP) is 5.02. The van der Waals surface area contributed by atoms with Crippen molar-refractivity contribution in [3.63, 3.8) is 0 Å². The highest BCUT2D eigenvalue weighted by molar-refractivity contribution is 5.95. The number of phenols is 1. The zero-order valence-electron chi connectivity index (χ0n) is 15.6. The maximum atomic E-state index is 9.81. The Morgan fingerprint density at radius 1 is 1.15 bits per heavy atom. The van der Waals surface area contributed by atoms with Crippen LogP contribution in [0.1, 0.15) is 25.3 Å². The van der Waals surface area contributed by atoms with Crippen molar-refractivity contribution in [3.8, 4) is 11.5 Å². The Kier molecular flexibility index (Phi) is 4.97. The van der Waals surface area contributed by atoms with E-state index in [0.717, 1.165) is 48.1 Å². The van der Waals surface area contributed by atoms with E-state index >= 15 is 0 Å². The minimum atomic E-state index is 0.303. The number of aromatic nitrogens is 1. The summed E-state index contributed by atoms with van der Waals surface area (Å²) in [6.45, 7) is 4.57. The Morgan fingerprint density at radius 3 is 2.89 bits per heavy atom. The predicted molar refractivity (Wildman–Crippen MR) is 110 cm³/mol. The number of hydrogen-bond donors (Lipinski definition) is 1. The van der Waals surface area contributed by atoms with Crippen LogP contribution in [0.3, 0.4) is 0 Å². The molecule has 2 aromatic carbocycles. The summed E-state index contributed by atoms with van der Waals surface area (Å²) in [4.78, 5) is 6.96. The number of rotatable bonds is 5. The van der Waals surface area contributed by atoms with Crippen LogP contribution in [0.25, 0.3) is 16.5 Å². The van der Waals surface area contributed by atoms with Crippen LogP contribution in [-0.4, -0.2) is 29.8 Å². The molecule has 138 valence electrons. The van der Waals surface area contributed by atoms with Crippen molar-refractivity contribution in [2.45, 2.75) is 19.8 Å². The lowest BCUT2D eigenvalue weighted by Gasteiger charge is -2.30. The largest absolute Gasteiger partial charge is 0.508 e. The van der Waals surface area contributed by atoms with Gasteiger partial charge in [0.15, 0.2) is 0 Å². The molecule has 27 heavy (non-hydrogen) atoms.